The molecule has 0 aromatic carbocycles. The third-order valence-corrected chi connectivity index (χ3v) is 25.9. The smallest absolute Gasteiger partial charge is 0.189 e. The Balaban J connectivity index is 0.604. The third kappa shape index (κ3) is 21.5. The number of aliphatic hydroxyl groups excluding tert-OH is 35. The van der Waals surface area contributed by atoms with Crippen molar-refractivity contribution in [2.45, 2.75) is 370 Å². The van der Waals surface area contributed by atoms with Crippen LogP contribution in [0.2, 0.25) is 0 Å². The summed E-state index contributed by atoms with van der Waals surface area (Å²) in [6.07, 6.45) is -93.1. The van der Waals surface area contributed by atoms with Crippen LogP contribution in [0.5, 0.6) is 0 Å². The quantitative estimate of drug-likeness (QED) is 0.0287. The first kappa shape index (κ1) is 106. The molecule has 0 bridgehead atoms. The predicted molar refractivity (Wildman–Crippen MR) is 407 cm³/mol. The zero-order valence-corrected chi connectivity index (χ0v) is 69.6. The van der Waals surface area contributed by atoms with Gasteiger partial charge < -0.3 is 275 Å². The van der Waals surface area contributed by atoms with Gasteiger partial charge in [0, 0.05) is 0 Å². The second-order valence-electron chi connectivity index (χ2n) is 34.3. The van der Waals surface area contributed by atoms with Crippen LogP contribution < -0.4 is 16.0 Å². The van der Waals surface area contributed by atoms with Crippen LogP contribution in [-0.4, -0.2) is 587 Å². The van der Waals surface area contributed by atoms with Crippen LogP contribution in [0.4, 0.5) is 0 Å². The molecule has 0 amide bonds. The molecule has 9 aliphatic heterocycles. The van der Waals surface area contributed by atoms with Gasteiger partial charge in [0.1, 0.15) is 238 Å². The molecule has 9 fully saturated rings. The van der Waals surface area contributed by atoms with Gasteiger partial charge in [-0.2, -0.15) is 0 Å². The normalized spacial score (nSPS) is 52.9. The fraction of sp³-hybridized carbons (Fsp3) is 0.920. The van der Waals surface area contributed by atoms with Crippen LogP contribution in [0.25, 0.3) is 0 Å². The van der Waals surface area contributed by atoms with Gasteiger partial charge >= 0.3 is 0 Å². The van der Waals surface area contributed by atoms with E-state index in [-0.39, 0.29) is 16.7 Å². The number of aliphatic hydroxyl groups is 35. The van der Waals surface area contributed by atoms with Crippen molar-refractivity contribution in [3.8, 4) is 0 Å². The molecule has 0 aromatic rings. The lowest BCUT2D eigenvalue weighted by atomic mass is 9.86. The fourth-order valence-corrected chi connectivity index (χ4v) is 18.2. The monoisotopic (exact) mass is 1900 g/mol. The van der Waals surface area contributed by atoms with Crippen molar-refractivity contribution in [2.24, 2.45) is 0 Å². The van der Waals surface area contributed by atoms with E-state index in [1.165, 1.54) is 26.8 Å². The Morgan fingerprint density at radius 3 is 0.692 bits per heavy atom. The number of ether oxygens (including phenoxy) is 17. The highest BCUT2D eigenvalue weighted by Crippen LogP contribution is 2.41. The first-order valence-electron chi connectivity index (χ1n) is 42.3. The number of nitrogens with one attached hydrogen (secondary N) is 3. The molecule has 130 heavy (non-hydrogen) atoms. The minimum atomic E-state index is -2.23. The summed E-state index contributed by atoms with van der Waals surface area (Å²) in [4.78, 5) is 0. The highest BCUT2D eigenvalue weighted by Gasteiger charge is 2.61. The Kier molecular flexibility index (Phi) is 36.7. The molecule has 9 heterocycles. The summed E-state index contributed by atoms with van der Waals surface area (Å²) >= 11 is 0. The summed E-state index contributed by atoms with van der Waals surface area (Å²) in [7, 11) is 0. The van der Waals surface area contributed by atoms with Gasteiger partial charge in [-0.15, -0.1) is 0 Å². The van der Waals surface area contributed by atoms with Gasteiger partial charge in [-0.05, 0) is 37.5 Å². The summed E-state index contributed by atoms with van der Waals surface area (Å²) in [5.41, 5.74) is -0.495. The second kappa shape index (κ2) is 45.1. The van der Waals surface area contributed by atoms with Crippen molar-refractivity contribution in [2.75, 3.05) is 59.5 Å². The van der Waals surface area contributed by atoms with E-state index in [1.54, 1.807) is 0 Å². The van der Waals surface area contributed by atoms with Crippen LogP contribution in [0.1, 0.15) is 20.8 Å². The van der Waals surface area contributed by atoms with Crippen molar-refractivity contribution in [1.82, 2.24) is 16.0 Å². The van der Waals surface area contributed by atoms with Crippen LogP contribution in [0, 0.1) is 0 Å². The van der Waals surface area contributed by atoms with Crippen molar-refractivity contribution < 1.29 is 259 Å². The molecule has 12 aliphatic rings. The highest BCUT2D eigenvalue weighted by atomic mass is 16.8. The minimum Gasteiger partial charge on any atom is -0.394 e. The molecule has 55 nitrogen and oxygen atoms in total. The summed E-state index contributed by atoms with van der Waals surface area (Å²) in [5.74, 6) is 0. The zero-order valence-electron chi connectivity index (χ0n) is 69.6. The van der Waals surface area contributed by atoms with E-state index in [4.69, 9.17) is 80.5 Å². The van der Waals surface area contributed by atoms with Crippen molar-refractivity contribution in [3.05, 3.63) is 34.9 Å². The molecule has 0 spiro atoms. The molecule has 0 radical (unpaired) electrons. The summed E-state index contributed by atoms with van der Waals surface area (Å²) < 4.78 is 97.6. The first-order valence-corrected chi connectivity index (χ1v) is 42.3. The SMILES string of the molecule is CC1OC(OC2C(CO)OC(OC3C(CO)=CC(NC4C(C)OC(OC5C(CO)OC(OC6C(CO)=CC(NC7C(C)OC(OC8C(CO)OC(OC9C(CO)OC(OC%10C(CO)OC(OC%11OC(CO)C(O)C(O)C%11O)C(O)C%10O)C(O)C9O)C(O)C8O)C(O)C7O)C(O)C6O)C(O)C5O)C(O)C4O)C(O)C3O)C(O)C2O)C(O)C(O)C1NC1C=C(CO)C(O)C(O)C1O. The molecule has 57 unspecified atom stereocenters. The molecule has 3 aliphatic carbocycles. The molecule has 9 saturated heterocycles. The van der Waals surface area contributed by atoms with E-state index in [0.717, 1.165) is 12.2 Å². The molecule has 0 saturated carbocycles. The maximum absolute atomic E-state index is 11.7. The van der Waals surface area contributed by atoms with Gasteiger partial charge in [0.2, 0.25) is 0 Å². The highest BCUT2D eigenvalue weighted by molar-refractivity contribution is 5.26. The molecule has 57 atom stereocenters. The largest absolute Gasteiger partial charge is 0.394 e. The summed E-state index contributed by atoms with van der Waals surface area (Å²) in [6.45, 7) is -4.55. The zero-order chi connectivity index (χ0) is 95.3. The molecular formula is C75H125N3O52. The van der Waals surface area contributed by atoms with Crippen molar-refractivity contribution in [3.63, 3.8) is 0 Å². The molecular weight excluding hydrogens is 1770 g/mol. The Bertz CT molecular complexity index is 3610. The Hall–Kier alpha value is -2.98. The molecule has 12 rings (SSSR count). The lowest BCUT2D eigenvalue weighted by Gasteiger charge is -2.49. The van der Waals surface area contributed by atoms with Crippen LogP contribution in [0.3, 0.4) is 0 Å². The lowest BCUT2D eigenvalue weighted by Crippen LogP contribution is -2.69. The molecule has 0 aromatic heterocycles. The van der Waals surface area contributed by atoms with Crippen LogP contribution in [0.15, 0.2) is 34.9 Å². The summed E-state index contributed by atoms with van der Waals surface area (Å²) in [5, 5.41) is 392. The minimum absolute atomic E-state index is 0.0485. The number of rotatable bonds is 31. The molecule has 38 N–H and O–H groups in total. The van der Waals surface area contributed by atoms with E-state index in [2.05, 4.69) is 16.0 Å². The molecule has 752 valence electrons. The maximum Gasteiger partial charge on any atom is 0.189 e. The average molecular weight is 1900 g/mol. The van der Waals surface area contributed by atoms with Crippen molar-refractivity contribution >= 4 is 0 Å². The van der Waals surface area contributed by atoms with Gasteiger partial charge in [0.25, 0.3) is 0 Å². The van der Waals surface area contributed by atoms with Gasteiger partial charge in [-0.1, -0.05) is 18.2 Å². The van der Waals surface area contributed by atoms with Gasteiger partial charge in [0.05, 0.1) is 114 Å². The molecule has 55 heteroatoms. The van der Waals surface area contributed by atoms with Crippen LogP contribution >= 0.6 is 0 Å². The number of hydrogen-bond acceptors (Lipinski definition) is 55. The average Bonchev–Trinajstić information content (AvgIpc) is 0.773. The Labute approximate surface area is 737 Å². The second-order valence-corrected chi connectivity index (χ2v) is 34.3. The number of hydrogen-bond donors (Lipinski definition) is 38. The van der Waals surface area contributed by atoms with E-state index < -0.39 is 409 Å². The Morgan fingerprint density at radius 2 is 0.431 bits per heavy atom. The van der Waals surface area contributed by atoms with Gasteiger partial charge in [0.15, 0.2) is 56.6 Å². The topological polar surface area (TPSA) is 901 Å². The van der Waals surface area contributed by atoms with Gasteiger partial charge in [-0.3, -0.25) is 0 Å². The Morgan fingerprint density at radius 1 is 0.215 bits per heavy atom. The third-order valence-electron chi connectivity index (χ3n) is 25.9. The predicted octanol–water partition coefficient (Wildman–Crippen LogP) is -23.6. The van der Waals surface area contributed by atoms with E-state index in [1.807, 2.05) is 0 Å². The van der Waals surface area contributed by atoms with Gasteiger partial charge in [-0.25, -0.2) is 0 Å². The van der Waals surface area contributed by atoms with E-state index in [0.29, 0.717) is 0 Å². The summed E-state index contributed by atoms with van der Waals surface area (Å²) in [6, 6.07) is -8.16. The lowest BCUT2D eigenvalue weighted by molar-refractivity contribution is -0.399. The van der Waals surface area contributed by atoms with E-state index >= 15 is 0 Å². The maximum atomic E-state index is 11.7. The standard InChI is InChI=1S/C75H125N3O52/c1-16-31(76-22-4-19(7-79)34(88)42(96)35(22)89)39(93)51(105)67(114-16)125-62-26(11-83)118-70(55(109)46(62)100)123-60-20(8-80)5-23(36(90)44(60)98)77-32-17(2)115-68(52(106)40(32)94)126-63-27(12-84)119-71(56(110)47(63)101)124-61-21(9-81)6-24(37(91)45(61)99)78-33-18(3)116-69(53(107)41(33)95)127-64-28(13-85)120-72(57(111)48(64)102)128-65-29(14-86)121-73(58(112)49(65)103)129-66-30(15-87)122-75(59(113)50(66)104)130-74-54(108)43(97)38(92)25(10-82)117-74/h4-6,16-18,22-113H,7-15H2,1-3H3. The fourth-order valence-electron chi connectivity index (χ4n) is 18.2. The van der Waals surface area contributed by atoms with E-state index in [9.17, 15) is 179 Å². The first-order chi connectivity index (χ1) is 61.6. The van der Waals surface area contributed by atoms with Crippen LogP contribution in [-0.2, 0) is 80.5 Å². The van der Waals surface area contributed by atoms with Crippen molar-refractivity contribution in [1.29, 1.82) is 0 Å².